The summed E-state index contributed by atoms with van der Waals surface area (Å²) < 4.78 is 0. The monoisotopic (exact) mass is 128 g/mol. The Hall–Kier alpha value is -0.930. The van der Waals surface area contributed by atoms with Gasteiger partial charge in [-0.25, -0.2) is 0 Å². The smallest absolute Gasteiger partial charge is 0.247 e. The van der Waals surface area contributed by atoms with Gasteiger partial charge in [0, 0.05) is 17.9 Å². The van der Waals surface area contributed by atoms with Crippen molar-refractivity contribution in [3.8, 4) is 0 Å². The van der Waals surface area contributed by atoms with Gasteiger partial charge in [0.25, 0.3) is 0 Å². The fourth-order valence-electron chi connectivity index (χ4n) is 0.822. The molecule has 0 bridgehead atoms. The lowest BCUT2D eigenvalue weighted by atomic mass is 10.1. The van der Waals surface area contributed by atoms with E-state index in [2.05, 4.69) is 4.99 Å². The van der Waals surface area contributed by atoms with Gasteiger partial charge in [-0.3, -0.25) is 15.1 Å². The predicted molar refractivity (Wildman–Crippen MR) is 33.4 cm³/mol. The molecule has 0 aromatic carbocycles. The Labute approximate surface area is 52.7 Å². The standard InChI is InChI=1S/C5H8N2O2/c8-7(9)5-2-1-3-6-4-5/h4-5H,1-3H2. The Morgan fingerprint density at radius 3 is 2.89 bits per heavy atom. The lowest BCUT2D eigenvalue weighted by Crippen LogP contribution is -2.23. The van der Waals surface area contributed by atoms with Crippen LogP contribution in [0.5, 0.6) is 0 Å². The first-order chi connectivity index (χ1) is 4.30. The normalized spacial score (nSPS) is 26.0. The van der Waals surface area contributed by atoms with Crippen LogP contribution in [0.1, 0.15) is 12.8 Å². The van der Waals surface area contributed by atoms with Crippen LogP contribution in [0.3, 0.4) is 0 Å². The van der Waals surface area contributed by atoms with Gasteiger partial charge < -0.3 is 0 Å². The minimum absolute atomic E-state index is 0.289. The molecular formula is C5H8N2O2. The van der Waals surface area contributed by atoms with Crippen molar-refractivity contribution in [2.75, 3.05) is 6.54 Å². The molecule has 0 aliphatic carbocycles. The third-order valence-electron chi connectivity index (χ3n) is 1.34. The minimum atomic E-state index is -0.515. The molecule has 0 fully saturated rings. The lowest BCUT2D eigenvalue weighted by Gasteiger charge is -2.06. The highest BCUT2D eigenvalue weighted by molar-refractivity contribution is 5.63. The average Bonchev–Trinajstić information content (AvgIpc) is 1.90. The second-order valence-electron chi connectivity index (χ2n) is 2.05. The molecule has 0 spiro atoms. The molecule has 1 atom stereocenters. The molecule has 1 aliphatic rings. The average molecular weight is 128 g/mol. The van der Waals surface area contributed by atoms with Gasteiger partial charge in [-0.1, -0.05) is 0 Å². The van der Waals surface area contributed by atoms with E-state index in [0.717, 1.165) is 13.0 Å². The molecule has 4 heteroatoms. The van der Waals surface area contributed by atoms with Crippen LogP contribution in [0.15, 0.2) is 4.99 Å². The largest absolute Gasteiger partial charge is 0.290 e. The highest BCUT2D eigenvalue weighted by Gasteiger charge is 2.18. The zero-order valence-corrected chi connectivity index (χ0v) is 4.99. The summed E-state index contributed by atoms with van der Waals surface area (Å²) in [5.74, 6) is 0. The van der Waals surface area contributed by atoms with Crippen molar-refractivity contribution in [1.82, 2.24) is 0 Å². The number of nitrogens with zero attached hydrogens (tertiary/aromatic N) is 2. The van der Waals surface area contributed by atoms with Crippen LogP contribution in [0.4, 0.5) is 0 Å². The first-order valence-corrected chi connectivity index (χ1v) is 2.94. The zero-order valence-electron chi connectivity index (χ0n) is 4.99. The third-order valence-corrected chi connectivity index (χ3v) is 1.34. The number of aliphatic imine (C=N–C) groups is 1. The number of hydrogen-bond donors (Lipinski definition) is 0. The van der Waals surface area contributed by atoms with E-state index in [1.807, 2.05) is 0 Å². The molecule has 0 saturated heterocycles. The molecule has 4 nitrogen and oxygen atoms in total. The van der Waals surface area contributed by atoms with Crippen LogP contribution in [0.2, 0.25) is 0 Å². The van der Waals surface area contributed by atoms with Crippen molar-refractivity contribution in [2.24, 2.45) is 4.99 Å². The van der Waals surface area contributed by atoms with Gasteiger partial charge in [-0.15, -0.1) is 0 Å². The summed E-state index contributed by atoms with van der Waals surface area (Å²) >= 11 is 0. The fourth-order valence-corrected chi connectivity index (χ4v) is 0.822. The van der Waals surface area contributed by atoms with Gasteiger partial charge >= 0.3 is 0 Å². The molecular weight excluding hydrogens is 120 g/mol. The van der Waals surface area contributed by atoms with Crippen molar-refractivity contribution in [1.29, 1.82) is 0 Å². The van der Waals surface area contributed by atoms with Crippen LogP contribution in [0, 0.1) is 10.1 Å². The molecule has 0 aromatic rings. The predicted octanol–water partition coefficient (Wildman–Crippen LogP) is 0.496. The van der Waals surface area contributed by atoms with Crippen LogP contribution in [-0.2, 0) is 0 Å². The highest BCUT2D eigenvalue weighted by atomic mass is 16.6. The first-order valence-electron chi connectivity index (χ1n) is 2.94. The van der Waals surface area contributed by atoms with Crippen molar-refractivity contribution in [3.63, 3.8) is 0 Å². The number of hydrogen-bond acceptors (Lipinski definition) is 3. The second kappa shape index (κ2) is 2.57. The molecule has 1 unspecified atom stereocenters. The molecule has 50 valence electrons. The van der Waals surface area contributed by atoms with E-state index in [0.29, 0.717) is 6.42 Å². The van der Waals surface area contributed by atoms with E-state index < -0.39 is 6.04 Å². The van der Waals surface area contributed by atoms with Gasteiger partial charge in [-0.2, -0.15) is 0 Å². The van der Waals surface area contributed by atoms with Crippen LogP contribution in [0.25, 0.3) is 0 Å². The number of nitro groups is 1. The molecule has 1 rings (SSSR count). The molecule has 0 aromatic heterocycles. The van der Waals surface area contributed by atoms with Gasteiger partial charge in [0.2, 0.25) is 6.04 Å². The summed E-state index contributed by atoms with van der Waals surface area (Å²) in [6, 6.07) is -0.515. The Kier molecular flexibility index (Phi) is 1.77. The maximum atomic E-state index is 10.1. The van der Waals surface area contributed by atoms with Gasteiger partial charge in [0.05, 0.1) is 6.21 Å². The van der Waals surface area contributed by atoms with Crippen LogP contribution < -0.4 is 0 Å². The first kappa shape index (κ1) is 6.19. The Morgan fingerprint density at radius 1 is 1.78 bits per heavy atom. The highest BCUT2D eigenvalue weighted by Crippen LogP contribution is 2.03. The molecule has 9 heavy (non-hydrogen) atoms. The van der Waals surface area contributed by atoms with Gasteiger partial charge in [0.1, 0.15) is 0 Å². The van der Waals surface area contributed by atoms with Crippen LogP contribution >= 0.6 is 0 Å². The summed E-state index contributed by atoms with van der Waals surface area (Å²) in [5, 5.41) is 10.1. The fraction of sp³-hybridized carbons (Fsp3) is 0.800. The third kappa shape index (κ3) is 1.48. The van der Waals surface area contributed by atoms with Crippen molar-refractivity contribution < 1.29 is 4.92 Å². The molecule has 1 heterocycles. The van der Waals surface area contributed by atoms with Gasteiger partial charge in [-0.05, 0) is 6.42 Å². The number of rotatable bonds is 1. The van der Waals surface area contributed by atoms with Gasteiger partial charge in [0.15, 0.2) is 0 Å². The van der Waals surface area contributed by atoms with E-state index >= 15 is 0 Å². The summed E-state index contributed by atoms with van der Waals surface area (Å²) in [6.07, 6.45) is 2.93. The Morgan fingerprint density at radius 2 is 2.56 bits per heavy atom. The summed E-state index contributed by atoms with van der Waals surface area (Å²) in [6.45, 7) is 0.754. The van der Waals surface area contributed by atoms with E-state index in [-0.39, 0.29) is 4.92 Å². The van der Waals surface area contributed by atoms with Crippen molar-refractivity contribution in [3.05, 3.63) is 10.1 Å². The van der Waals surface area contributed by atoms with E-state index in [4.69, 9.17) is 0 Å². The summed E-state index contributed by atoms with van der Waals surface area (Å²) in [5.41, 5.74) is 0. The minimum Gasteiger partial charge on any atom is -0.290 e. The second-order valence-corrected chi connectivity index (χ2v) is 2.05. The van der Waals surface area contributed by atoms with Crippen LogP contribution in [-0.4, -0.2) is 23.7 Å². The quantitative estimate of drug-likeness (QED) is 0.381. The van der Waals surface area contributed by atoms with Crippen molar-refractivity contribution >= 4 is 6.21 Å². The topological polar surface area (TPSA) is 55.5 Å². The lowest BCUT2D eigenvalue weighted by molar-refractivity contribution is -0.502. The Bertz CT molecular complexity index is 144. The maximum absolute atomic E-state index is 10.1. The molecule has 1 aliphatic heterocycles. The summed E-state index contributed by atoms with van der Waals surface area (Å²) in [7, 11) is 0. The SMILES string of the molecule is O=[N+]([O-])C1C=NCCC1. The molecule has 0 amide bonds. The van der Waals surface area contributed by atoms with E-state index in [9.17, 15) is 10.1 Å². The van der Waals surface area contributed by atoms with Crippen molar-refractivity contribution in [2.45, 2.75) is 18.9 Å². The Balaban J connectivity index is 2.50. The van der Waals surface area contributed by atoms with E-state index in [1.54, 1.807) is 0 Å². The van der Waals surface area contributed by atoms with E-state index in [1.165, 1.54) is 6.21 Å². The molecule has 0 N–H and O–H groups in total. The molecule has 0 radical (unpaired) electrons. The summed E-state index contributed by atoms with van der Waals surface area (Å²) in [4.78, 5) is 13.6. The molecule has 0 saturated carbocycles. The zero-order chi connectivity index (χ0) is 6.69. The maximum Gasteiger partial charge on any atom is 0.247 e.